The summed E-state index contributed by atoms with van der Waals surface area (Å²) in [7, 11) is -3.90. The summed E-state index contributed by atoms with van der Waals surface area (Å²) in [6.07, 6.45) is 6.13. The van der Waals surface area contributed by atoms with Gasteiger partial charge in [0.05, 0.1) is 6.26 Å². The van der Waals surface area contributed by atoms with Crippen molar-refractivity contribution in [1.82, 2.24) is 19.9 Å². The lowest BCUT2D eigenvalue weighted by Crippen LogP contribution is -2.39. The van der Waals surface area contributed by atoms with E-state index in [4.69, 9.17) is 11.6 Å². The lowest BCUT2D eigenvalue weighted by molar-refractivity contribution is -0.113. The van der Waals surface area contributed by atoms with Crippen molar-refractivity contribution in [2.75, 3.05) is 6.26 Å². The molecular weight excluding hydrogens is 552 g/mol. The van der Waals surface area contributed by atoms with E-state index in [0.717, 1.165) is 17.4 Å². The molecule has 0 saturated heterocycles. The molecule has 1 heterocycles. The van der Waals surface area contributed by atoms with Crippen LogP contribution in [-0.2, 0) is 27.9 Å². The molecule has 4 rings (SSSR count). The number of rotatable bonds is 8. The summed E-state index contributed by atoms with van der Waals surface area (Å²) in [4.78, 5) is 38.4. The molecule has 2 aromatic carbocycles. The number of carbonyl (C=O) groups is 3. The molecular formula is C29H33ClN4O5S. The first-order valence-corrected chi connectivity index (χ1v) is 14.6. The molecule has 0 spiro atoms. The number of aromatic nitrogens is 1. The smallest absolute Gasteiger partial charge is 0.315 e. The second-order valence-electron chi connectivity index (χ2n) is 9.61. The molecule has 0 saturated carbocycles. The van der Waals surface area contributed by atoms with E-state index in [0.29, 0.717) is 27.1 Å². The molecule has 0 aliphatic heterocycles. The molecule has 9 nitrogen and oxygen atoms in total. The highest BCUT2D eigenvalue weighted by molar-refractivity contribution is 7.89. The summed E-state index contributed by atoms with van der Waals surface area (Å²) in [5.41, 5.74) is 2.91. The molecule has 3 amide bonds. The summed E-state index contributed by atoms with van der Waals surface area (Å²) in [5, 5.41) is 6.54. The molecule has 3 N–H and O–H groups in total. The van der Waals surface area contributed by atoms with Gasteiger partial charge in [-0.3, -0.25) is 9.59 Å². The topological polar surface area (TPSA) is 126 Å². The van der Waals surface area contributed by atoms with Gasteiger partial charge in [-0.2, -0.15) is 0 Å². The Morgan fingerprint density at radius 3 is 2.50 bits per heavy atom. The normalized spacial score (nSPS) is 13.1. The van der Waals surface area contributed by atoms with Crippen LogP contribution in [0.5, 0.6) is 0 Å². The van der Waals surface area contributed by atoms with E-state index in [2.05, 4.69) is 15.4 Å². The van der Waals surface area contributed by atoms with E-state index in [9.17, 15) is 22.8 Å². The third kappa shape index (κ3) is 7.19. The second kappa shape index (κ2) is 12.5. The van der Waals surface area contributed by atoms with Crippen LogP contribution in [-0.4, -0.2) is 43.0 Å². The van der Waals surface area contributed by atoms with Crippen LogP contribution in [0.2, 0.25) is 5.02 Å². The van der Waals surface area contributed by atoms with E-state index in [1.54, 1.807) is 41.0 Å². The van der Waals surface area contributed by atoms with Gasteiger partial charge in [0.25, 0.3) is 5.91 Å². The van der Waals surface area contributed by atoms with Crippen molar-refractivity contribution in [1.29, 1.82) is 0 Å². The minimum Gasteiger partial charge on any atom is -0.336 e. The maximum Gasteiger partial charge on any atom is 0.315 e. The van der Waals surface area contributed by atoms with Gasteiger partial charge in [0, 0.05) is 52.6 Å². The van der Waals surface area contributed by atoms with Crippen molar-refractivity contribution < 1.29 is 22.8 Å². The SMILES string of the molecule is C.CC(C)NC(=O)NCc1cccc(Cn2c(C(=O)NS(C)(=O)=O)c(C3=CC=CCC3=O)c3cc(Cl)ccc32)c1. The maximum absolute atomic E-state index is 13.5. The largest absolute Gasteiger partial charge is 0.336 e. The summed E-state index contributed by atoms with van der Waals surface area (Å²) < 4.78 is 27.8. The first kappa shape index (κ1) is 30.6. The molecule has 3 aromatic rings. The number of carbonyl (C=O) groups excluding carboxylic acids is 3. The Labute approximate surface area is 239 Å². The molecule has 0 atom stereocenters. The van der Waals surface area contributed by atoms with Crippen molar-refractivity contribution in [3.05, 3.63) is 88.1 Å². The molecule has 1 aromatic heterocycles. The Hall–Kier alpha value is -3.89. The number of fused-ring (bicyclic) bond motifs is 1. The molecule has 0 fully saturated rings. The van der Waals surface area contributed by atoms with E-state index in [-0.39, 0.29) is 50.5 Å². The van der Waals surface area contributed by atoms with Crippen molar-refractivity contribution in [3.8, 4) is 0 Å². The molecule has 0 bridgehead atoms. The molecule has 11 heteroatoms. The highest BCUT2D eigenvalue weighted by Gasteiger charge is 2.29. The van der Waals surface area contributed by atoms with Gasteiger partial charge in [-0.1, -0.05) is 61.5 Å². The lowest BCUT2D eigenvalue weighted by Gasteiger charge is -2.15. The van der Waals surface area contributed by atoms with Gasteiger partial charge in [0.15, 0.2) is 5.78 Å². The summed E-state index contributed by atoms with van der Waals surface area (Å²) in [6, 6.07) is 12.3. The van der Waals surface area contributed by atoms with Crippen molar-refractivity contribution >= 4 is 55.8 Å². The zero-order valence-electron chi connectivity index (χ0n) is 21.7. The third-order valence-electron chi connectivity index (χ3n) is 6.00. The quantitative estimate of drug-likeness (QED) is 0.351. The van der Waals surface area contributed by atoms with Crippen LogP contribution >= 0.6 is 11.6 Å². The van der Waals surface area contributed by atoms with E-state index >= 15 is 0 Å². The molecule has 0 unspecified atom stereocenters. The van der Waals surface area contributed by atoms with Crippen molar-refractivity contribution in [2.45, 2.75) is 46.8 Å². The van der Waals surface area contributed by atoms with Gasteiger partial charge in [-0.15, -0.1) is 0 Å². The lowest BCUT2D eigenvalue weighted by atomic mass is 9.93. The first-order valence-electron chi connectivity index (χ1n) is 12.3. The Morgan fingerprint density at radius 2 is 1.82 bits per heavy atom. The van der Waals surface area contributed by atoms with Crippen LogP contribution in [0, 0.1) is 0 Å². The number of urea groups is 1. The van der Waals surface area contributed by atoms with Gasteiger partial charge >= 0.3 is 6.03 Å². The van der Waals surface area contributed by atoms with Crippen LogP contribution in [0.25, 0.3) is 16.5 Å². The van der Waals surface area contributed by atoms with Gasteiger partial charge in [0.1, 0.15) is 5.69 Å². The number of benzene rings is 2. The average molecular weight is 585 g/mol. The number of halogens is 1. The van der Waals surface area contributed by atoms with Gasteiger partial charge in [0.2, 0.25) is 10.0 Å². The third-order valence-corrected chi connectivity index (χ3v) is 6.79. The summed E-state index contributed by atoms with van der Waals surface area (Å²) >= 11 is 6.32. The Kier molecular flexibility index (Phi) is 9.60. The number of sulfonamides is 1. The number of ketones is 1. The minimum atomic E-state index is -3.90. The number of hydrogen-bond donors (Lipinski definition) is 3. The molecule has 0 radical (unpaired) electrons. The van der Waals surface area contributed by atoms with Crippen LogP contribution in [0.15, 0.2) is 60.7 Å². The van der Waals surface area contributed by atoms with Crippen LogP contribution in [0.4, 0.5) is 4.79 Å². The van der Waals surface area contributed by atoms with Crippen LogP contribution in [0.3, 0.4) is 0 Å². The number of nitrogens with one attached hydrogen (secondary N) is 3. The van der Waals surface area contributed by atoms with E-state index in [1.165, 1.54) is 0 Å². The van der Waals surface area contributed by atoms with Crippen LogP contribution < -0.4 is 15.4 Å². The second-order valence-corrected chi connectivity index (χ2v) is 11.8. The number of nitrogens with zero attached hydrogens (tertiary/aromatic N) is 1. The predicted molar refractivity (Wildman–Crippen MR) is 159 cm³/mol. The highest BCUT2D eigenvalue weighted by Crippen LogP contribution is 2.36. The number of amides is 3. The monoisotopic (exact) mass is 584 g/mol. The fourth-order valence-corrected chi connectivity index (χ4v) is 5.10. The summed E-state index contributed by atoms with van der Waals surface area (Å²) in [5.74, 6) is -1.05. The van der Waals surface area contributed by atoms with Crippen molar-refractivity contribution in [2.24, 2.45) is 0 Å². The molecule has 40 heavy (non-hydrogen) atoms. The van der Waals surface area contributed by atoms with E-state index in [1.807, 2.05) is 38.1 Å². The van der Waals surface area contributed by atoms with Crippen LogP contribution in [0.1, 0.15) is 54.9 Å². The first-order chi connectivity index (χ1) is 18.4. The highest BCUT2D eigenvalue weighted by atomic mass is 35.5. The minimum absolute atomic E-state index is 0. The summed E-state index contributed by atoms with van der Waals surface area (Å²) in [6.45, 7) is 4.21. The molecule has 1 aliphatic rings. The fourth-order valence-electron chi connectivity index (χ4n) is 4.50. The van der Waals surface area contributed by atoms with Gasteiger partial charge < -0.3 is 15.2 Å². The Bertz CT molecular complexity index is 1640. The molecule has 1 aliphatic carbocycles. The zero-order chi connectivity index (χ0) is 28.3. The number of allylic oxidation sites excluding steroid dienone is 4. The predicted octanol–water partition coefficient (Wildman–Crippen LogP) is 4.79. The average Bonchev–Trinajstić information content (AvgIpc) is 3.15. The Morgan fingerprint density at radius 1 is 1.10 bits per heavy atom. The Balaban J connectivity index is 0.00000441. The number of hydrogen-bond acceptors (Lipinski definition) is 5. The fraction of sp³-hybridized carbons (Fsp3) is 0.276. The maximum atomic E-state index is 13.5. The zero-order valence-corrected chi connectivity index (χ0v) is 23.3. The molecule has 212 valence electrons. The van der Waals surface area contributed by atoms with E-state index < -0.39 is 15.9 Å². The number of Topliss-reactive ketones (excluding diaryl/α,β-unsaturated/α-hetero) is 1. The van der Waals surface area contributed by atoms with Crippen molar-refractivity contribution in [3.63, 3.8) is 0 Å². The van der Waals surface area contributed by atoms with Gasteiger partial charge in [-0.25, -0.2) is 17.9 Å². The van der Waals surface area contributed by atoms with Gasteiger partial charge in [-0.05, 0) is 43.2 Å². The standard InChI is InChI=1S/C28H29ClN4O5S.CH4/c1-17(2)31-28(36)30-15-18-7-6-8-19(13-18)16-33-23-12-11-20(29)14-22(23)25(21-9-4-5-10-24(21)34)26(33)27(35)32-39(3,37)38;/h4-9,11-14,17H,10,15-16H2,1-3H3,(H,32,35)(H2,30,31,36);1H4.